The fraction of sp³-hybridized carbons (Fsp3) is 1.00. The van der Waals surface area contributed by atoms with Crippen molar-refractivity contribution in [3.05, 3.63) is 0 Å². The van der Waals surface area contributed by atoms with E-state index in [2.05, 4.69) is 37.9 Å². The quantitative estimate of drug-likeness (QED) is 0.770. The summed E-state index contributed by atoms with van der Waals surface area (Å²) >= 11 is 0. The molecule has 15 heavy (non-hydrogen) atoms. The van der Waals surface area contributed by atoms with Gasteiger partial charge in [-0.25, -0.2) is 0 Å². The Morgan fingerprint density at radius 2 is 1.73 bits per heavy atom. The molecule has 90 valence electrons. The van der Waals surface area contributed by atoms with Gasteiger partial charge in [0.25, 0.3) is 0 Å². The number of nitrogens with one attached hydrogen (secondary N) is 1. The topological polar surface area (TPSA) is 15.3 Å². The highest BCUT2D eigenvalue weighted by Crippen LogP contribution is 2.14. The standard InChI is InChI=1S/C13H28N2/c1-5-12(11-14-13(2,3)4)15-9-7-6-8-10-15/h12,14H,5-11H2,1-4H3. The van der Waals surface area contributed by atoms with E-state index in [9.17, 15) is 0 Å². The Kier molecular flexibility index (Phi) is 5.07. The van der Waals surface area contributed by atoms with Crippen molar-refractivity contribution in [2.45, 2.75) is 65.0 Å². The lowest BCUT2D eigenvalue weighted by atomic mass is 10.0. The van der Waals surface area contributed by atoms with Crippen LogP contribution in [0.15, 0.2) is 0 Å². The lowest BCUT2D eigenvalue weighted by Gasteiger charge is -2.36. The van der Waals surface area contributed by atoms with Crippen LogP contribution in [0, 0.1) is 0 Å². The van der Waals surface area contributed by atoms with Gasteiger partial charge < -0.3 is 5.32 Å². The van der Waals surface area contributed by atoms with Crippen molar-refractivity contribution in [1.82, 2.24) is 10.2 Å². The van der Waals surface area contributed by atoms with Crippen LogP contribution in [0.3, 0.4) is 0 Å². The molecule has 2 heteroatoms. The molecule has 0 aromatic rings. The zero-order valence-corrected chi connectivity index (χ0v) is 11.0. The van der Waals surface area contributed by atoms with Gasteiger partial charge in [0.1, 0.15) is 0 Å². The van der Waals surface area contributed by atoms with Gasteiger partial charge in [-0.05, 0) is 53.1 Å². The van der Waals surface area contributed by atoms with Crippen molar-refractivity contribution >= 4 is 0 Å². The number of likely N-dealkylation sites (tertiary alicyclic amines) is 1. The maximum Gasteiger partial charge on any atom is 0.0218 e. The van der Waals surface area contributed by atoms with Crippen LogP contribution in [0.25, 0.3) is 0 Å². The highest BCUT2D eigenvalue weighted by Gasteiger charge is 2.20. The first-order valence-electron chi connectivity index (χ1n) is 6.52. The third-order valence-electron chi connectivity index (χ3n) is 3.25. The molecule has 1 rings (SSSR count). The molecule has 0 spiro atoms. The van der Waals surface area contributed by atoms with Crippen molar-refractivity contribution < 1.29 is 0 Å². The van der Waals surface area contributed by atoms with Gasteiger partial charge in [-0.1, -0.05) is 13.3 Å². The van der Waals surface area contributed by atoms with Gasteiger partial charge in [0.2, 0.25) is 0 Å². The van der Waals surface area contributed by atoms with Crippen LogP contribution in [0.2, 0.25) is 0 Å². The molecular formula is C13H28N2. The summed E-state index contributed by atoms with van der Waals surface area (Å²) in [7, 11) is 0. The van der Waals surface area contributed by atoms with E-state index >= 15 is 0 Å². The van der Waals surface area contributed by atoms with E-state index in [-0.39, 0.29) is 5.54 Å². The van der Waals surface area contributed by atoms with Crippen LogP contribution in [0.4, 0.5) is 0 Å². The van der Waals surface area contributed by atoms with Crippen molar-refractivity contribution in [3.8, 4) is 0 Å². The zero-order valence-electron chi connectivity index (χ0n) is 11.0. The first kappa shape index (κ1) is 13.0. The van der Waals surface area contributed by atoms with Crippen LogP contribution < -0.4 is 5.32 Å². The summed E-state index contributed by atoms with van der Waals surface area (Å²) in [4.78, 5) is 2.67. The maximum absolute atomic E-state index is 3.63. The van der Waals surface area contributed by atoms with E-state index in [1.807, 2.05) is 0 Å². The van der Waals surface area contributed by atoms with Gasteiger partial charge in [0, 0.05) is 18.1 Å². The minimum atomic E-state index is 0.253. The predicted molar refractivity (Wildman–Crippen MR) is 67.3 cm³/mol. The van der Waals surface area contributed by atoms with Crippen molar-refractivity contribution in [3.63, 3.8) is 0 Å². The Morgan fingerprint density at radius 1 is 1.13 bits per heavy atom. The van der Waals surface area contributed by atoms with E-state index in [0.29, 0.717) is 0 Å². The monoisotopic (exact) mass is 212 g/mol. The minimum Gasteiger partial charge on any atom is -0.311 e. The number of nitrogens with zero attached hydrogens (tertiary/aromatic N) is 1. The Labute approximate surface area is 95.4 Å². The van der Waals surface area contributed by atoms with Crippen molar-refractivity contribution in [2.24, 2.45) is 0 Å². The summed E-state index contributed by atoms with van der Waals surface area (Å²) in [5.41, 5.74) is 0.253. The molecule has 1 atom stereocenters. The zero-order chi connectivity index (χ0) is 11.3. The smallest absolute Gasteiger partial charge is 0.0218 e. The molecule has 0 amide bonds. The predicted octanol–water partition coefficient (Wildman–Crippen LogP) is 2.64. The lowest BCUT2D eigenvalue weighted by Crippen LogP contribution is -2.48. The second kappa shape index (κ2) is 5.86. The van der Waals surface area contributed by atoms with E-state index in [1.54, 1.807) is 0 Å². The van der Waals surface area contributed by atoms with Crippen LogP contribution in [-0.4, -0.2) is 36.1 Å². The second-order valence-electron chi connectivity index (χ2n) is 5.79. The van der Waals surface area contributed by atoms with Crippen LogP contribution >= 0.6 is 0 Å². The van der Waals surface area contributed by atoms with Gasteiger partial charge in [0.15, 0.2) is 0 Å². The summed E-state index contributed by atoms with van der Waals surface area (Å²) in [6.45, 7) is 12.8. The Balaban J connectivity index is 2.34. The minimum absolute atomic E-state index is 0.253. The summed E-state index contributed by atoms with van der Waals surface area (Å²) in [6, 6.07) is 0.740. The highest BCUT2D eigenvalue weighted by molar-refractivity contribution is 4.79. The van der Waals surface area contributed by atoms with Gasteiger partial charge >= 0.3 is 0 Å². The highest BCUT2D eigenvalue weighted by atomic mass is 15.2. The number of rotatable bonds is 4. The molecule has 0 aliphatic carbocycles. The molecule has 1 fully saturated rings. The molecule has 1 N–H and O–H groups in total. The SMILES string of the molecule is CCC(CNC(C)(C)C)N1CCCCC1. The normalized spacial score (nSPS) is 21.6. The maximum atomic E-state index is 3.63. The van der Waals surface area contributed by atoms with E-state index < -0.39 is 0 Å². The molecule has 1 unspecified atom stereocenters. The molecule has 1 aliphatic heterocycles. The molecular weight excluding hydrogens is 184 g/mol. The van der Waals surface area contributed by atoms with E-state index in [1.165, 1.54) is 38.8 Å². The average Bonchev–Trinajstić information content (AvgIpc) is 2.19. The lowest BCUT2D eigenvalue weighted by molar-refractivity contribution is 0.149. The molecule has 2 nitrogen and oxygen atoms in total. The molecule has 0 bridgehead atoms. The fourth-order valence-corrected chi connectivity index (χ4v) is 2.24. The molecule has 0 radical (unpaired) electrons. The third-order valence-corrected chi connectivity index (χ3v) is 3.25. The summed E-state index contributed by atoms with van der Waals surface area (Å²) < 4.78 is 0. The molecule has 0 aromatic heterocycles. The Morgan fingerprint density at radius 3 is 2.20 bits per heavy atom. The Bertz CT molecular complexity index is 166. The van der Waals surface area contributed by atoms with Crippen LogP contribution in [-0.2, 0) is 0 Å². The summed E-state index contributed by atoms with van der Waals surface area (Å²) in [5, 5.41) is 3.63. The fourth-order valence-electron chi connectivity index (χ4n) is 2.24. The van der Waals surface area contributed by atoms with Crippen molar-refractivity contribution in [1.29, 1.82) is 0 Å². The Hall–Kier alpha value is -0.0800. The van der Waals surface area contributed by atoms with Gasteiger partial charge in [-0.15, -0.1) is 0 Å². The molecule has 1 heterocycles. The largest absolute Gasteiger partial charge is 0.311 e. The average molecular weight is 212 g/mol. The summed E-state index contributed by atoms with van der Waals surface area (Å²) in [5.74, 6) is 0. The van der Waals surface area contributed by atoms with Crippen LogP contribution in [0.1, 0.15) is 53.4 Å². The van der Waals surface area contributed by atoms with Gasteiger partial charge in [-0.2, -0.15) is 0 Å². The molecule has 1 aliphatic rings. The van der Waals surface area contributed by atoms with Gasteiger partial charge in [0.05, 0.1) is 0 Å². The molecule has 1 saturated heterocycles. The van der Waals surface area contributed by atoms with Gasteiger partial charge in [-0.3, -0.25) is 4.90 Å². The third kappa shape index (κ3) is 4.98. The number of piperidine rings is 1. The second-order valence-corrected chi connectivity index (χ2v) is 5.79. The summed E-state index contributed by atoms with van der Waals surface area (Å²) in [6.07, 6.45) is 5.49. The molecule has 0 aromatic carbocycles. The van der Waals surface area contributed by atoms with Crippen molar-refractivity contribution in [2.75, 3.05) is 19.6 Å². The first-order valence-corrected chi connectivity index (χ1v) is 6.52. The van der Waals surface area contributed by atoms with E-state index in [4.69, 9.17) is 0 Å². The molecule has 0 saturated carbocycles. The van der Waals surface area contributed by atoms with Crippen LogP contribution in [0.5, 0.6) is 0 Å². The first-order chi connectivity index (χ1) is 7.03. The number of hydrogen-bond acceptors (Lipinski definition) is 2. The number of hydrogen-bond donors (Lipinski definition) is 1. The van der Waals surface area contributed by atoms with E-state index in [0.717, 1.165) is 12.6 Å².